The Hall–Kier alpha value is -2.47. The molecule has 2 N–H and O–H groups in total. The highest BCUT2D eigenvalue weighted by molar-refractivity contribution is 5.79. The van der Waals surface area contributed by atoms with Crippen molar-refractivity contribution in [3.8, 4) is 5.75 Å². The molecule has 2 aromatic rings. The van der Waals surface area contributed by atoms with Crippen molar-refractivity contribution in [3.63, 3.8) is 0 Å². The lowest BCUT2D eigenvalue weighted by Gasteiger charge is -2.24. The van der Waals surface area contributed by atoms with Crippen molar-refractivity contribution < 1.29 is 14.3 Å². The van der Waals surface area contributed by atoms with E-state index < -0.39 is 5.60 Å². The normalized spacial score (nSPS) is 14.0. The molecule has 6 heteroatoms. The van der Waals surface area contributed by atoms with Crippen LogP contribution in [0, 0.1) is 0 Å². The fourth-order valence-electron chi connectivity index (χ4n) is 2.57. The highest BCUT2D eigenvalue weighted by Crippen LogP contribution is 2.21. The second-order valence-electron chi connectivity index (χ2n) is 6.35. The first kappa shape index (κ1) is 19.8. The summed E-state index contributed by atoms with van der Waals surface area (Å²) in [6.07, 6.45) is 1.55. The van der Waals surface area contributed by atoms with E-state index in [2.05, 4.69) is 10.3 Å². The Morgan fingerprint density at radius 3 is 2.58 bits per heavy atom. The molecule has 0 aliphatic heterocycles. The zero-order valence-corrected chi connectivity index (χ0v) is 16.0. The quantitative estimate of drug-likeness (QED) is 0.560. The highest BCUT2D eigenvalue weighted by atomic mass is 16.5. The molecule has 0 spiro atoms. The smallest absolute Gasteiger partial charge is 0.194 e. The molecule has 142 valence electrons. The molecule has 0 saturated carbocycles. The Balaban J connectivity index is 2.05. The third-order valence-electron chi connectivity index (χ3n) is 3.94. The Kier molecular flexibility index (Phi) is 7.09. The van der Waals surface area contributed by atoms with Crippen LogP contribution < -0.4 is 10.1 Å². The van der Waals surface area contributed by atoms with E-state index in [1.165, 1.54) is 0 Å². The number of nitrogens with one attached hydrogen (secondary N) is 1. The van der Waals surface area contributed by atoms with Crippen LogP contribution in [0.15, 0.2) is 52.1 Å². The van der Waals surface area contributed by atoms with Gasteiger partial charge < -0.3 is 24.5 Å². The van der Waals surface area contributed by atoms with E-state index in [1.807, 2.05) is 50.1 Å². The molecule has 1 heterocycles. The van der Waals surface area contributed by atoms with Crippen LogP contribution in [0.4, 0.5) is 0 Å². The van der Waals surface area contributed by atoms with Gasteiger partial charge in [0.2, 0.25) is 0 Å². The van der Waals surface area contributed by atoms with Crippen molar-refractivity contribution in [3.05, 3.63) is 54.0 Å². The van der Waals surface area contributed by atoms with Crippen LogP contribution in [0.2, 0.25) is 0 Å². The molecule has 2 rings (SSSR count). The second kappa shape index (κ2) is 9.29. The summed E-state index contributed by atoms with van der Waals surface area (Å²) >= 11 is 0. The van der Waals surface area contributed by atoms with Crippen molar-refractivity contribution in [1.82, 2.24) is 10.2 Å². The number of hydrogen-bond donors (Lipinski definition) is 2. The number of hydrogen-bond acceptors (Lipinski definition) is 4. The van der Waals surface area contributed by atoms with E-state index >= 15 is 0 Å². The predicted octanol–water partition coefficient (Wildman–Crippen LogP) is 2.98. The van der Waals surface area contributed by atoms with E-state index in [1.54, 1.807) is 25.3 Å². The van der Waals surface area contributed by atoms with Gasteiger partial charge in [-0.2, -0.15) is 0 Å². The number of aliphatic hydroxyl groups is 1. The zero-order valence-electron chi connectivity index (χ0n) is 16.0. The minimum atomic E-state index is -1.15. The molecular formula is C20H29N3O3. The van der Waals surface area contributed by atoms with Gasteiger partial charge in [0.05, 0.1) is 19.4 Å². The SMILES string of the molecule is CCNC(=NCC(C)(O)c1ccco1)N(C)Cc1ccc(OCC)cc1. The van der Waals surface area contributed by atoms with Crippen molar-refractivity contribution in [2.45, 2.75) is 32.9 Å². The maximum atomic E-state index is 10.6. The lowest BCUT2D eigenvalue weighted by atomic mass is 10.0. The van der Waals surface area contributed by atoms with E-state index in [0.29, 0.717) is 18.9 Å². The number of aliphatic imine (C=N–C) groups is 1. The maximum absolute atomic E-state index is 10.6. The van der Waals surface area contributed by atoms with Gasteiger partial charge in [0, 0.05) is 20.1 Å². The molecule has 0 fully saturated rings. The van der Waals surface area contributed by atoms with Gasteiger partial charge in [0.25, 0.3) is 0 Å². The largest absolute Gasteiger partial charge is 0.494 e. The third-order valence-corrected chi connectivity index (χ3v) is 3.94. The Labute approximate surface area is 155 Å². The fourth-order valence-corrected chi connectivity index (χ4v) is 2.57. The van der Waals surface area contributed by atoms with Crippen LogP contribution in [0.5, 0.6) is 5.75 Å². The number of nitrogens with zero attached hydrogens (tertiary/aromatic N) is 2. The lowest BCUT2D eigenvalue weighted by molar-refractivity contribution is 0.0435. The fraction of sp³-hybridized carbons (Fsp3) is 0.450. The molecule has 0 bridgehead atoms. The number of furan rings is 1. The minimum absolute atomic E-state index is 0.205. The van der Waals surface area contributed by atoms with Gasteiger partial charge in [-0.3, -0.25) is 0 Å². The monoisotopic (exact) mass is 359 g/mol. The standard InChI is InChI=1S/C20H29N3O3/c1-5-21-19(22-15-20(3,24)18-8-7-13-26-18)23(4)14-16-9-11-17(12-10-16)25-6-2/h7-13,24H,5-6,14-15H2,1-4H3,(H,21,22). The summed E-state index contributed by atoms with van der Waals surface area (Å²) < 4.78 is 10.8. The first-order valence-corrected chi connectivity index (χ1v) is 8.93. The first-order chi connectivity index (χ1) is 12.5. The Morgan fingerprint density at radius 2 is 2.00 bits per heavy atom. The number of guanidine groups is 1. The van der Waals surface area contributed by atoms with Gasteiger partial charge in [0.15, 0.2) is 5.96 Å². The van der Waals surface area contributed by atoms with Crippen molar-refractivity contribution in [2.75, 3.05) is 26.7 Å². The minimum Gasteiger partial charge on any atom is -0.494 e. The Bertz CT molecular complexity index is 679. The summed E-state index contributed by atoms with van der Waals surface area (Å²) in [6.45, 7) is 7.99. The number of ether oxygens (including phenoxy) is 1. The molecule has 0 radical (unpaired) electrons. The van der Waals surface area contributed by atoms with Crippen molar-refractivity contribution >= 4 is 5.96 Å². The first-order valence-electron chi connectivity index (χ1n) is 8.93. The van der Waals surface area contributed by atoms with Crippen LogP contribution in [-0.4, -0.2) is 42.7 Å². The van der Waals surface area contributed by atoms with E-state index in [4.69, 9.17) is 9.15 Å². The van der Waals surface area contributed by atoms with Gasteiger partial charge in [-0.1, -0.05) is 12.1 Å². The molecule has 1 aromatic carbocycles. The van der Waals surface area contributed by atoms with Crippen LogP contribution >= 0.6 is 0 Å². The average Bonchev–Trinajstić information content (AvgIpc) is 3.16. The molecule has 1 aromatic heterocycles. The van der Waals surface area contributed by atoms with Crippen molar-refractivity contribution in [2.24, 2.45) is 4.99 Å². The third kappa shape index (κ3) is 5.52. The summed E-state index contributed by atoms with van der Waals surface area (Å²) in [5.41, 5.74) is 0.00352. The van der Waals surface area contributed by atoms with Crippen LogP contribution in [0.3, 0.4) is 0 Å². The molecular weight excluding hydrogens is 330 g/mol. The second-order valence-corrected chi connectivity index (χ2v) is 6.35. The van der Waals surface area contributed by atoms with Crippen molar-refractivity contribution in [1.29, 1.82) is 0 Å². The zero-order chi connectivity index (χ0) is 19.0. The van der Waals surface area contributed by atoms with Crippen LogP contribution in [-0.2, 0) is 12.1 Å². The van der Waals surface area contributed by atoms with Gasteiger partial charge in [-0.15, -0.1) is 0 Å². The summed E-state index contributed by atoms with van der Waals surface area (Å²) in [6, 6.07) is 11.5. The summed E-state index contributed by atoms with van der Waals surface area (Å²) in [5, 5.41) is 13.8. The summed E-state index contributed by atoms with van der Waals surface area (Å²) in [5.74, 6) is 2.11. The van der Waals surface area contributed by atoms with E-state index in [0.717, 1.165) is 23.8 Å². The van der Waals surface area contributed by atoms with Gasteiger partial charge >= 0.3 is 0 Å². The predicted molar refractivity (Wildman–Crippen MR) is 103 cm³/mol. The maximum Gasteiger partial charge on any atom is 0.194 e. The van der Waals surface area contributed by atoms with Gasteiger partial charge in [-0.05, 0) is 50.6 Å². The van der Waals surface area contributed by atoms with E-state index in [-0.39, 0.29) is 6.54 Å². The highest BCUT2D eigenvalue weighted by Gasteiger charge is 2.26. The summed E-state index contributed by atoms with van der Waals surface area (Å²) in [7, 11) is 1.97. The molecule has 0 saturated heterocycles. The Morgan fingerprint density at radius 1 is 1.27 bits per heavy atom. The summed E-state index contributed by atoms with van der Waals surface area (Å²) in [4.78, 5) is 6.61. The topological polar surface area (TPSA) is 70.2 Å². The molecule has 6 nitrogen and oxygen atoms in total. The molecule has 0 amide bonds. The number of benzene rings is 1. The molecule has 0 aliphatic rings. The van der Waals surface area contributed by atoms with E-state index in [9.17, 15) is 5.11 Å². The van der Waals surface area contributed by atoms with Gasteiger partial charge in [0.1, 0.15) is 17.1 Å². The number of rotatable bonds is 8. The lowest BCUT2D eigenvalue weighted by Crippen LogP contribution is -2.39. The molecule has 1 atom stereocenters. The average molecular weight is 359 g/mol. The molecule has 26 heavy (non-hydrogen) atoms. The van der Waals surface area contributed by atoms with Crippen LogP contribution in [0.1, 0.15) is 32.1 Å². The van der Waals surface area contributed by atoms with Crippen LogP contribution in [0.25, 0.3) is 0 Å². The molecule has 0 aliphatic carbocycles. The van der Waals surface area contributed by atoms with Gasteiger partial charge in [-0.25, -0.2) is 4.99 Å². The molecule has 1 unspecified atom stereocenters.